The monoisotopic (exact) mass is 776 g/mol. The number of aryl methyl sites for hydroxylation is 1. The van der Waals surface area contributed by atoms with Gasteiger partial charge in [0.2, 0.25) is 5.88 Å². The zero-order chi connectivity index (χ0) is 40.6. The lowest BCUT2D eigenvalue weighted by Crippen LogP contribution is -2.69. The first-order chi connectivity index (χ1) is 25.4. The number of benzene rings is 1. The van der Waals surface area contributed by atoms with Gasteiger partial charge in [0, 0.05) is 28.6 Å². The SMILES string of the molecule is Cc1c(CN=[N+]=[N-])nc2c3c(nc(-c4cc(NC(=O)OC(C)(C)C)cc(F)c4OC(F)(F)F)c(F)c13)O[C@@H](C)[C@@H]1[C@@H]3CC[C@](C)(CN21)N3C(=O)OC(C)(C)C. The number of aromatic nitrogens is 2. The van der Waals surface area contributed by atoms with E-state index in [9.17, 15) is 28.3 Å². The summed E-state index contributed by atoms with van der Waals surface area (Å²) >= 11 is 0. The van der Waals surface area contributed by atoms with Crippen molar-refractivity contribution in [3.63, 3.8) is 0 Å². The van der Waals surface area contributed by atoms with Crippen LogP contribution in [0, 0.1) is 18.6 Å². The summed E-state index contributed by atoms with van der Waals surface area (Å²) in [5, 5.41) is 5.77. The number of azide groups is 1. The third kappa shape index (κ3) is 7.53. The van der Waals surface area contributed by atoms with Crippen LogP contribution in [0.25, 0.3) is 32.5 Å². The van der Waals surface area contributed by atoms with E-state index in [0.717, 1.165) is 6.07 Å². The highest BCUT2D eigenvalue weighted by atomic mass is 19.4. The molecule has 1 aromatic carbocycles. The number of nitrogens with zero attached hydrogens (tertiary/aromatic N) is 7. The number of nitrogens with one attached hydrogen (secondary N) is 1. The van der Waals surface area contributed by atoms with Crippen molar-refractivity contribution in [1.82, 2.24) is 14.9 Å². The third-order valence-corrected chi connectivity index (χ3v) is 9.62. The molecule has 0 radical (unpaired) electrons. The van der Waals surface area contributed by atoms with E-state index in [0.29, 0.717) is 18.9 Å². The van der Waals surface area contributed by atoms with Crippen molar-refractivity contribution < 1.29 is 50.5 Å². The topological polar surface area (TPSA) is 164 Å². The Hall–Kier alpha value is -5.32. The molecule has 6 rings (SSSR count). The van der Waals surface area contributed by atoms with Gasteiger partial charge in [-0.15, -0.1) is 13.2 Å². The maximum absolute atomic E-state index is 17.3. The molecule has 0 unspecified atom stereocenters. The molecule has 1 N–H and O–H groups in total. The van der Waals surface area contributed by atoms with Crippen molar-refractivity contribution in [1.29, 1.82) is 0 Å². The van der Waals surface area contributed by atoms with Crippen molar-refractivity contribution in [2.45, 2.75) is 123 Å². The van der Waals surface area contributed by atoms with Crippen LogP contribution in [0.1, 0.15) is 79.5 Å². The van der Waals surface area contributed by atoms with E-state index in [2.05, 4.69) is 25.1 Å². The van der Waals surface area contributed by atoms with Gasteiger partial charge in [-0.25, -0.2) is 28.3 Å². The summed E-state index contributed by atoms with van der Waals surface area (Å²) in [6.07, 6.45) is -6.67. The minimum absolute atomic E-state index is 0.0632. The molecular weight excluding hydrogens is 735 g/mol. The molecule has 2 aromatic heterocycles. The minimum atomic E-state index is -5.42. The van der Waals surface area contributed by atoms with Crippen molar-refractivity contribution in [2.75, 3.05) is 16.8 Å². The highest BCUT2D eigenvalue weighted by Crippen LogP contribution is 2.51. The van der Waals surface area contributed by atoms with E-state index in [-0.39, 0.29) is 46.8 Å². The second-order valence-electron chi connectivity index (χ2n) is 16.1. The largest absolute Gasteiger partial charge is 0.573 e. The Balaban J connectivity index is 1.59. The number of ether oxygens (including phenoxy) is 4. The number of amides is 2. The van der Waals surface area contributed by atoms with Crippen molar-refractivity contribution in [2.24, 2.45) is 5.11 Å². The maximum Gasteiger partial charge on any atom is 0.573 e. The van der Waals surface area contributed by atoms with E-state index in [1.165, 1.54) is 6.92 Å². The molecule has 2 saturated heterocycles. The van der Waals surface area contributed by atoms with Crippen LogP contribution in [0.5, 0.6) is 11.6 Å². The lowest BCUT2D eigenvalue weighted by molar-refractivity contribution is -0.275. The molecule has 5 heterocycles. The second-order valence-corrected chi connectivity index (χ2v) is 16.1. The summed E-state index contributed by atoms with van der Waals surface area (Å²) in [6, 6.07) is 0.337. The highest BCUT2D eigenvalue weighted by Gasteiger charge is 2.59. The van der Waals surface area contributed by atoms with Gasteiger partial charge in [0.05, 0.1) is 40.8 Å². The molecule has 3 aromatic rings. The Kier molecular flexibility index (Phi) is 9.64. The molecule has 0 spiro atoms. The van der Waals surface area contributed by atoms with Gasteiger partial charge in [-0.3, -0.25) is 10.2 Å². The summed E-state index contributed by atoms with van der Waals surface area (Å²) in [5.74, 6) is -4.27. The molecule has 2 fully saturated rings. The molecule has 2 amide bonds. The maximum atomic E-state index is 17.3. The number of alkyl halides is 3. The van der Waals surface area contributed by atoms with E-state index < -0.39 is 87.8 Å². The fourth-order valence-corrected chi connectivity index (χ4v) is 7.68. The summed E-state index contributed by atoms with van der Waals surface area (Å²) in [6.45, 7) is 15.0. The van der Waals surface area contributed by atoms with E-state index in [1.807, 2.05) is 11.8 Å². The average molecular weight is 777 g/mol. The molecule has 55 heavy (non-hydrogen) atoms. The number of carbonyl (C=O) groups is 2. The van der Waals surface area contributed by atoms with Gasteiger partial charge in [0.25, 0.3) is 0 Å². The molecule has 19 heteroatoms. The van der Waals surface area contributed by atoms with Crippen LogP contribution in [-0.2, 0) is 16.0 Å². The van der Waals surface area contributed by atoms with Crippen molar-refractivity contribution in [3.8, 4) is 22.9 Å². The first-order valence-corrected chi connectivity index (χ1v) is 17.5. The zero-order valence-electron chi connectivity index (χ0n) is 31.7. The summed E-state index contributed by atoms with van der Waals surface area (Å²) in [4.78, 5) is 42.0. The predicted octanol–water partition coefficient (Wildman–Crippen LogP) is 9.07. The number of piperazine rings is 1. The van der Waals surface area contributed by atoms with Gasteiger partial charge >= 0.3 is 18.5 Å². The quantitative estimate of drug-likeness (QED) is 0.115. The van der Waals surface area contributed by atoms with Gasteiger partial charge in [-0.1, -0.05) is 5.11 Å². The molecule has 2 bridgehead atoms. The first-order valence-electron chi connectivity index (χ1n) is 17.5. The molecule has 3 aliphatic rings. The predicted molar refractivity (Wildman–Crippen MR) is 190 cm³/mol. The molecule has 4 atom stereocenters. The summed E-state index contributed by atoms with van der Waals surface area (Å²) in [5.41, 5.74) is 4.91. The molecule has 14 nitrogen and oxygen atoms in total. The Bertz CT molecular complexity index is 2130. The van der Waals surface area contributed by atoms with Crippen LogP contribution >= 0.6 is 0 Å². The number of halogens is 5. The molecule has 0 saturated carbocycles. The Labute approximate surface area is 312 Å². The van der Waals surface area contributed by atoms with Crippen molar-refractivity contribution >= 4 is 34.5 Å². The number of anilines is 2. The lowest BCUT2D eigenvalue weighted by Gasteiger charge is -2.52. The van der Waals surface area contributed by atoms with Gasteiger partial charge < -0.3 is 23.8 Å². The number of fused-ring (bicyclic) bond motifs is 5. The number of rotatable bonds is 5. The summed E-state index contributed by atoms with van der Waals surface area (Å²) in [7, 11) is 0. The number of carbonyl (C=O) groups excluding carboxylic acids is 2. The van der Waals surface area contributed by atoms with Gasteiger partial charge in [0.15, 0.2) is 17.4 Å². The number of hydrogen-bond donors (Lipinski definition) is 1. The number of hydrogen-bond acceptors (Lipinski definition) is 10. The van der Waals surface area contributed by atoms with Crippen LogP contribution in [0.2, 0.25) is 0 Å². The van der Waals surface area contributed by atoms with E-state index >= 15 is 8.78 Å². The Morgan fingerprint density at radius 3 is 2.38 bits per heavy atom. The van der Waals surface area contributed by atoms with Crippen LogP contribution < -0.4 is 19.7 Å². The fourth-order valence-electron chi connectivity index (χ4n) is 7.68. The van der Waals surface area contributed by atoms with E-state index in [1.54, 1.807) is 53.4 Å². The highest BCUT2D eigenvalue weighted by molar-refractivity contribution is 6.02. The molecule has 3 aliphatic heterocycles. The molecule has 0 aliphatic carbocycles. The minimum Gasteiger partial charge on any atom is -0.472 e. The normalized spacial score (nSPS) is 22.0. The average Bonchev–Trinajstić information content (AvgIpc) is 3.21. The summed E-state index contributed by atoms with van der Waals surface area (Å²) < 4.78 is 95.8. The standard InChI is InChI=1S/C36H41F5N8O6/c1-16-21(14-43-47-42)45-29-24-23(16)25(38)26(19-12-18(44-31(50)54-33(3,4)5)13-20(37)28(19)53-36(39,40)41)46-30(24)52-17(2)27-22-10-11-35(9,15-48(27)29)49(22)32(51)55-34(6,7)8/h12-13,17,22,27H,10-11,14-15H2,1-9H3,(H,44,50)/t17-,22-,27+,35+/m0/s1. The fraction of sp³-hybridized carbons (Fsp3) is 0.556. The smallest absolute Gasteiger partial charge is 0.472 e. The molecular formula is C36H41F5N8O6. The number of pyridine rings is 2. The second kappa shape index (κ2) is 13.5. The zero-order valence-corrected chi connectivity index (χ0v) is 31.7. The van der Waals surface area contributed by atoms with E-state index in [4.69, 9.17) is 19.2 Å². The van der Waals surface area contributed by atoms with Gasteiger partial charge in [-0.05, 0) is 92.3 Å². The van der Waals surface area contributed by atoms with Crippen LogP contribution in [0.3, 0.4) is 0 Å². The Morgan fingerprint density at radius 2 is 1.76 bits per heavy atom. The van der Waals surface area contributed by atoms with Gasteiger partial charge in [-0.2, -0.15) is 0 Å². The third-order valence-electron chi connectivity index (χ3n) is 9.62. The van der Waals surface area contributed by atoms with Crippen LogP contribution in [0.15, 0.2) is 17.2 Å². The first kappa shape index (κ1) is 39.4. The van der Waals surface area contributed by atoms with Gasteiger partial charge in [0.1, 0.15) is 28.8 Å². The van der Waals surface area contributed by atoms with Crippen molar-refractivity contribution in [3.05, 3.63) is 45.5 Å². The van der Waals surface area contributed by atoms with Crippen LogP contribution in [0.4, 0.5) is 43.0 Å². The Morgan fingerprint density at radius 1 is 1.09 bits per heavy atom. The lowest BCUT2D eigenvalue weighted by atomic mass is 9.93. The molecule has 296 valence electrons. The van der Waals surface area contributed by atoms with Crippen LogP contribution in [-0.4, -0.2) is 74.9 Å².